The summed E-state index contributed by atoms with van der Waals surface area (Å²) in [4.78, 5) is 43.2. The highest BCUT2D eigenvalue weighted by Gasteiger charge is 2.42. The van der Waals surface area contributed by atoms with Crippen molar-refractivity contribution in [2.45, 2.75) is 116 Å². The van der Waals surface area contributed by atoms with Gasteiger partial charge in [-0.2, -0.15) is 0 Å². The summed E-state index contributed by atoms with van der Waals surface area (Å²) < 4.78 is 5.51. The van der Waals surface area contributed by atoms with Gasteiger partial charge in [-0.05, 0) is 84.6 Å². The molecule has 0 saturated heterocycles. The second-order valence-corrected chi connectivity index (χ2v) is 13.1. The van der Waals surface area contributed by atoms with Gasteiger partial charge in [-0.25, -0.2) is 4.79 Å². The van der Waals surface area contributed by atoms with Crippen molar-refractivity contribution in [1.82, 2.24) is 15.5 Å². The van der Waals surface area contributed by atoms with Gasteiger partial charge >= 0.3 is 6.09 Å². The first-order valence-corrected chi connectivity index (χ1v) is 14.6. The molecule has 8 nitrogen and oxygen atoms in total. The molecule has 2 aromatic carbocycles. The molecule has 0 radical (unpaired) electrons. The van der Waals surface area contributed by atoms with Crippen molar-refractivity contribution in [3.05, 3.63) is 65.2 Å². The quantitative estimate of drug-likeness (QED) is 0.366. The molecule has 0 aromatic heterocycles. The molecule has 3 rings (SSSR count). The van der Waals surface area contributed by atoms with E-state index in [9.17, 15) is 19.5 Å². The normalized spacial score (nSPS) is 15.9. The summed E-state index contributed by atoms with van der Waals surface area (Å²) in [5.41, 5.74) is 0.890. The number of amides is 3. The van der Waals surface area contributed by atoms with E-state index in [1.165, 1.54) is 0 Å². The van der Waals surface area contributed by atoms with Gasteiger partial charge in [0.15, 0.2) is 0 Å². The Kier molecular flexibility index (Phi) is 10.5. The topological polar surface area (TPSA) is 108 Å². The van der Waals surface area contributed by atoms with Crippen molar-refractivity contribution in [2.75, 3.05) is 0 Å². The number of phenols is 1. The fourth-order valence-corrected chi connectivity index (χ4v) is 5.32. The van der Waals surface area contributed by atoms with Gasteiger partial charge in [0, 0.05) is 18.0 Å². The number of nitrogens with one attached hydrogen (secondary N) is 2. The molecule has 0 bridgehead atoms. The molecule has 1 aliphatic rings. The minimum Gasteiger partial charge on any atom is -0.508 e. The molecule has 3 N–H and O–H groups in total. The number of ether oxygens (including phenoxy) is 1. The van der Waals surface area contributed by atoms with Crippen LogP contribution in [0, 0.1) is 6.92 Å². The third-order valence-corrected chi connectivity index (χ3v) is 7.14. The Morgan fingerprint density at radius 3 is 2.17 bits per heavy atom. The van der Waals surface area contributed by atoms with E-state index in [0.717, 1.165) is 43.2 Å². The molecule has 8 heteroatoms. The smallest absolute Gasteiger partial charge is 0.408 e. The standard InChI is InChI=1S/C33H47N3O5/c1-22-12-11-13-24(20-22)28(29(38)34-25-14-9-8-10-15-25)36(32(2,3)4)30(39)27(35-31(40)41-33(5,6)7)21-23-16-18-26(37)19-17-23/h11-13,16-20,25,27-28,37H,8-10,14-15,21H2,1-7H3,(H,34,38)(H,35,40). The number of phenolic OH excluding ortho intramolecular Hbond substituents is 1. The number of rotatable bonds is 8. The van der Waals surface area contributed by atoms with Crippen LogP contribution in [0.25, 0.3) is 0 Å². The lowest BCUT2D eigenvalue weighted by atomic mass is 9.92. The number of nitrogens with zero attached hydrogens (tertiary/aromatic N) is 1. The van der Waals surface area contributed by atoms with Gasteiger partial charge < -0.3 is 25.4 Å². The van der Waals surface area contributed by atoms with Gasteiger partial charge in [-0.1, -0.05) is 61.2 Å². The van der Waals surface area contributed by atoms with E-state index in [2.05, 4.69) is 10.6 Å². The maximum atomic E-state index is 14.6. The SMILES string of the molecule is Cc1cccc(C(C(=O)NC2CCCCC2)N(C(=O)C(Cc2ccc(O)cc2)NC(=O)OC(C)(C)C)C(C)(C)C)c1. The van der Waals surface area contributed by atoms with Gasteiger partial charge in [-0.15, -0.1) is 0 Å². The van der Waals surface area contributed by atoms with Crippen LogP contribution in [-0.2, 0) is 20.7 Å². The van der Waals surface area contributed by atoms with Crippen molar-refractivity contribution >= 4 is 17.9 Å². The summed E-state index contributed by atoms with van der Waals surface area (Å²) in [5.74, 6) is -0.528. The molecule has 1 aliphatic carbocycles. The minimum atomic E-state index is -1.02. The molecule has 224 valence electrons. The van der Waals surface area contributed by atoms with Crippen LogP contribution >= 0.6 is 0 Å². The number of aromatic hydroxyl groups is 1. The van der Waals surface area contributed by atoms with E-state index < -0.39 is 35.2 Å². The van der Waals surface area contributed by atoms with E-state index in [-0.39, 0.29) is 24.1 Å². The summed E-state index contributed by atoms with van der Waals surface area (Å²) in [7, 11) is 0. The lowest BCUT2D eigenvalue weighted by Gasteiger charge is -2.43. The third kappa shape index (κ3) is 9.51. The predicted molar refractivity (Wildman–Crippen MR) is 161 cm³/mol. The van der Waals surface area contributed by atoms with E-state index in [1.54, 1.807) is 49.9 Å². The van der Waals surface area contributed by atoms with Crippen LogP contribution in [0.15, 0.2) is 48.5 Å². The molecule has 0 spiro atoms. The minimum absolute atomic E-state index is 0.0631. The number of hydrogen-bond donors (Lipinski definition) is 3. The number of carbonyl (C=O) groups is 3. The Morgan fingerprint density at radius 2 is 1.61 bits per heavy atom. The molecular formula is C33H47N3O5. The maximum absolute atomic E-state index is 14.6. The zero-order chi connectivity index (χ0) is 30.4. The van der Waals surface area contributed by atoms with Crippen LogP contribution in [0.2, 0.25) is 0 Å². The van der Waals surface area contributed by atoms with E-state index in [0.29, 0.717) is 5.56 Å². The molecule has 0 heterocycles. The maximum Gasteiger partial charge on any atom is 0.408 e. The summed E-state index contributed by atoms with van der Waals surface area (Å²) >= 11 is 0. The summed E-state index contributed by atoms with van der Waals surface area (Å²) in [6.07, 6.45) is 4.55. The highest BCUT2D eigenvalue weighted by Crippen LogP contribution is 2.32. The Labute approximate surface area is 244 Å². The van der Waals surface area contributed by atoms with Crippen molar-refractivity contribution in [1.29, 1.82) is 0 Å². The van der Waals surface area contributed by atoms with Crippen LogP contribution in [0.3, 0.4) is 0 Å². The third-order valence-electron chi connectivity index (χ3n) is 7.14. The number of carbonyl (C=O) groups excluding carboxylic acids is 3. The van der Waals surface area contributed by atoms with Crippen LogP contribution in [-0.4, -0.2) is 51.1 Å². The fourth-order valence-electron chi connectivity index (χ4n) is 5.32. The number of hydrogen-bond acceptors (Lipinski definition) is 5. The molecule has 2 aromatic rings. The predicted octanol–water partition coefficient (Wildman–Crippen LogP) is 5.95. The van der Waals surface area contributed by atoms with Crippen LogP contribution in [0.4, 0.5) is 4.79 Å². The summed E-state index contributed by atoms with van der Waals surface area (Å²) in [5, 5.41) is 15.8. The van der Waals surface area contributed by atoms with E-state index >= 15 is 0 Å². The Bertz CT molecular complexity index is 1190. The van der Waals surface area contributed by atoms with Gasteiger partial charge in [0.25, 0.3) is 0 Å². The molecule has 1 saturated carbocycles. The molecule has 0 aliphatic heterocycles. The van der Waals surface area contributed by atoms with Gasteiger partial charge in [0.2, 0.25) is 11.8 Å². The van der Waals surface area contributed by atoms with Crippen LogP contribution in [0.1, 0.15) is 96.4 Å². The Hall–Kier alpha value is -3.55. The van der Waals surface area contributed by atoms with Crippen LogP contribution < -0.4 is 10.6 Å². The zero-order valence-electron chi connectivity index (χ0n) is 25.6. The molecule has 2 atom stereocenters. The van der Waals surface area contributed by atoms with Gasteiger partial charge in [-0.3, -0.25) is 9.59 Å². The lowest BCUT2D eigenvalue weighted by Crippen LogP contribution is -2.59. The molecule has 3 amide bonds. The summed E-state index contributed by atoms with van der Waals surface area (Å²) in [6, 6.07) is 12.3. The first kappa shape index (κ1) is 32.0. The Morgan fingerprint density at radius 1 is 0.976 bits per heavy atom. The monoisotopic (exact) mass is 565 g/mol. The largest absolute Gasteiger partial charge is 0.508 e. The van der Waals surface area contributed by atoms with Crippen molar-refractivity contribution in [2.24, 2.45) is 0 Å². The highest BCUT2D eigenvalue weighted by atomic mass is 16.6. The van der Waals surface area contributed by atoms with Crippen molar-refractivity contribution < 1.29 is 24.2 Å². The molecular weight excluding hydrogens is 518 g/mol. The average molecular weight is 566 g/mol. The van der Waals surface area contributed by atoms with Gasteiger partial charge in [0.05, 0.1) is 0 Å². The molecule has 2 unspecified atom stereocenters. The van der Waals surface area contributed by atoms with Crippen LogP contribution in [0.5, 0.6) is 5.75 Å². The molecule has 41 heavy (non-hydrogen) atoms. The second-order valence-electron chi connectivity index (χ2n) is 13.1. The second kappa shape index (κ2) is 13.4. The number of alkyl carbamates (subject to hydrolysis) is 1. The Balaban J connectivity index is 2.05. The van der Waals surface area contributed by atoms with E-state index in [4.69, 9.17) is 4.74 Å². The first-order valence-electron chi connectivity index (χ1n) is 14.6. The number of benzene rings is 2. The van der Waals surface area contributed by atoms with E-state index in [1.807, 2.05) is 52.0 Å². The van der Waals surface area contributed by atoms with Crippen molar-refractivity contribution in [3.8, 4) is 5.75 Å². The number of aryl methyl sites for hydroxylation is 1. The molecule has 1 fully saturated rings. The first-order chi connectivity index (χ1) is 19.1. The zero-order valence-corrected chi connectivity index (χ0v) is 25.6. The lowest BCUT2D eigenvalue weighted by molar-refractivity contribution is -0.148. The highest BCUT2D eigenvalue weighted by molar-refractivity contribution is 5.93. The average Bonchev–Trinajstić information content (AvgIpc) is 2.86. The van der Waals surface area contributed by atoms with Crippen molar-refractivity contribution in [3.63, 3.8) is 0 Å². The summed E-state index contributed by atoms with van der Waals surface area (Å²) in [6.45, 7) is 12.9. The fraction of sp³-hybridized carbons (Fsp3) is 0.545. The van der Waals surface area contributed by atoms with Gasteiger partial charge in [0.1, 0.15) is 23.4 Å².